The minimum atomic E-state index is -0.249. The normalized spacial score (nSPS) is 13.3. The molecule has 0 saturated heterocycles. The summed E-state index contributed by atoms with van der Waals surface area (Å²) in [5.74, 6) is 0.532. The van der Waals surface area contributed by atoms with Gasteiger partial charge < -0.3 is 10.1 Å². The minimum Gasteiger partial charge on any atom is -0.484 e. The largest absolute Gasteiger partial charge is 0.484 e. The predicted molar refractivity (Wildman–Crippen MR) is 89.3 cm³/mol. The lowest BCUT2D eigenvalue weighted by Gasteiger charge is -2.16. The van der Waals surface area contributed by atoms with Crippen LogP contribution in [0.25, 0.3) is 0 Å². The number of rotatable bonds is 4. The molecule has 23 heavy (non-hydrogen) atoms. The first kappa shape index (κ1) is 15.6. The average molecular weight is 330 g/mol. The van der Waals surface area contributed by atoms with Gasteiger partial charge in [-0.1, -0.05) is 11.6 Å². The van der Waals surface area contributed by atoms with Gasteiger partial charge in [-0.15, -0.1) is 0 Å². The molecular formula is C18H16ClNO3. The lowest BCUT2D eigenvalue weighted by molar-refractivity contribution is -0.118. The minimum absolute atomic E-state index is 0.0879. The molecule has 0 heterocycles. The van der Waals surface area contributed by atoms with E-state index in [-0.39, 0.29) is 18.3 Å². The first-order valence-corrected chi connectivity index (χ1v) is 7.84. The van der Waals surface area contributed by atoms with Crippen LogP contribution in [0.2, 0.25) is 5.02 Å². The number of nitrogens with one attached hydrogen (secondary N) is 1. The molecule has 2 aromatic rings. The SMILES string of the molecule is O=C(COc1ccc2c(c1)CCCC2=O)Nc1ccc(Cl)cc1. The maximum atomic E-state index is 11.9. The summed E-state index contributed by atoms with van der Waals surface area (Å²) in [6.07, 6.45) is 2.35. The molecule has 3 rings (SSSR count). The van der Waals surface area contributed by atoms with Gasteiger partial charge in [-0.05, 0) is 60.9 Å². The molecule has 0 atom stereocenters. The molecule has 0 saturated carbocycles. The number of aryl methyl sites for hydroxylation is 1. The Morgan fingerprint density at radius 2 is 1.91 bits per heavy atom. The van der Waals surface area contributed by atoms with Crippen molar-refractivity contribution in [3.05, 3.63) is 58.6 Å². The number of ether oxygens (including phenoxy) is 1. The number of ketones is 1. The van der Waals surface area contributed by atoms with E-state index in [4.69, 9.17) is 16.3 Å². The molecule has 1 amide bonds. The number of carbonyl (C=O) groups is 2. The van der Waals surface area contributed by atoms with Crippen LogP contribution < -0.4 is 10.1 Å². The van der Waals surface area contributed by atoms with E-state index in [2.05, 4.69) is 5.32 Å². The summed E-state index contributed by atoms with van der Waals surface area (Å²) < 4.78 is 5.52. The Labute approximate surface area is 139 Å². The van der Waals surface area contributed by atoms with Crippen LogP contribution in [0.4, 0.5) is 5.69 Å². The van der Waals surface area contributed by atoms with Crippen molar-refractivity contribution < 1.29 is 14.3 Å². The molecule has 0 aliphatic heterocycles. The summed E-state index contributed by atoms with van der Waals surface area (Å²) in [5, 5.41) is 3.35. The Morgan fingerprint density at radius 1 is 1.13 bits per heavy atom. The molecular weight excluding hydrogens is 314 g/mol. The number of fused-ring (bicyclic) bond motifs is 1. The van der Waals surface area contributed by atoms with E-state index in [0.29, 0.717) is 22.9 Å². The molecule has 0 fully saturated rings. The van der Waals surface area contributed by atoms with Crippen molar-refractivity contribution in [2.24, 2.45) is 0 Å². The summed E-state index contributed by atoms with van der Waals surface area (Å²) in [7, 11) is 0. The van der Waals surface area contributed by atoms with Crippen molar-refractivity contribution in [3.63, 3.8) is 0 Å². The number of anilines is 1. The lowest BCUT2D eigenvalue weighted by Crippen LogP contribution is -2.20. The maximum Gasteiger partial charge on any atom is 0.262 e. The van der Waals surface area contributed by atoms with Crippen LogP contribution in [0.15, 0.2) is 42.5 Å². The average Bonchev–Trinajstić information content (AvgIpc) is 2.55. The van der Waals surface area contributed by atoms with E-state index < -0.39 is 0 Å². The molecule has 1 aliphatic rings. The van der Waals surface area contributed by atoms with E-state index in [1.807, 2.05) is 6.07 Å². The molecule has 2 aromatic carbocycles. The quantitative estimate of drug-likeness (QED) is 0.926. The fourth-order valence-electron chi connectivity index (χ4n) is 2.59. The fourth-order valence-corrected chi connectivity index (χ4v) is 2.72. The highest BCUT2D eigenvalue weighted by molar-refractivity contribution is 6.30. The zero-order valence-electron chi connectivity index (χ0n) is 12.5. The molecule has 5 heteroatoms. The van der Waals surface area contributed by atoms with Crippen LogP contribution in [0.5, 0.6) is 5.75 Å². The molecule has 4 nitrogen and oxygen atoms in total. The maximum absolute atomic E-state index is 11.9. The summed E-state index contributed by atoms with van der Waals surface area (Å²) in [5.41, 5.74) is 2.44. The van der Waals surface area contributed by atoms with Crippen molar-refractivity contribution >= 4 is 29.0 Å². The smallest absolute Gasteiger partial charge is 0.262 e. The van der Waals surface area contributed by atoms with E-state index >= 15 is 0 Å². The summed E-state index contributed by atoms with van der Waals surface area (Å²) in [6, 6.07) is 12.2. The molecule has 0 bridgehead atoms. The third-order valence-corrected chi connectivity index (χ3v) is 3.98. The second kappa shape index (κ2) is 6.84. The van der Waals surface area contributed by atoms with Gasteiger partial charge in [0.15, 0.2) is 12.4 Å². The van der Waals surface area contributed by atoms with Gasteiger partial charge in [-0.3, -0.25) is 9.59 Å². The highest BCUT2D eigenvalue weighted by Gasteiger charge is 2.17. The number of carbonyl (C=O) groups excluding carboxylic acids is 2. The van der Waals surface area contributed by atoms with Gasteiger partial charge >= 0.3 is 0 Å². The first-order chi connectivity index (χ1) is 11.1. The second-order valence-electron chi connectivity index (χ2n) is 5.44. The number of halogens is 1. The molecule has 1 N–H and O–H groups in total. The van der Waals surface area contributed by atoms with Crippen LogP contribution in [0.3, 0.4) is 0 Å². The van der Waals surface area contributed by atoms with Crippen LogP contribution in [0.1, 0.15) is 28.8 Å². The van der Waals surface area contributed by atoms with E-state index in [9.17, 15) is 9.59 Å². The summed E-state index contributed by atoms with van der Waals surface area (Å²) in [6.45, 7) is -0.0879. The highest BCUT2D eigenvalue weighted by Crippen LogP contribution is 2.25. The summed E-state index contributed by atoms with van der Waals surface area (Å²) >= 11 is 5.80. The number of hydrogen-bond donors (Lipinski definition) is 1. The number of amides is 1. The highest BCUT2D eigenvalue weighted by atomic mass is 35.5. The zero-order valence-corrected chi connectivity index (χ0v) is 13.2. The fraction of sp³-hybridized carbons (Fsp3) is 0.222. The van der Waals surface area contributed by atoms with Crippen LogP contribution in [-0.4, -0.2) is 18.3 Å². The van der Waals surface area contributed by atoms with E-state index in [1.54, 1.807) is 36.4 Å². The Bertz CT molecular complexity index is 740. The third kappa shape index (κ3) is 3.90. The number of Topliss-reactive ketones (excluding diaryl/α,β-unsaturated/α-hetero) is 1. The Hall–Kier alpha value is -2.33. The molecule has 0 radical (unpaired) electrons. The zero-order chi connectivity index (χ0) is 16.2. The first-order valence-electron chi connectivity index (χ1n) is 7.46. The van der Waals surface area contributed by atoms with Gasteiger partial charge in [-0.2, -0.15) is 0 Å². The second-order valence-corrected chi connectivity index (χ2v) is 5.88. The van der Waals surface area contributed by atoms with Crippen molar-refractivity contribution in [2.75, 3.05) is 11.9 Å². The Morgan fingerprint density at radius 3 is 2.70 bits per heavy atom. The monoisotopic (exact) mass is 329 g/mol. The van der Waals surface area contributed by atoms with Gasteiger partial charge in [0.05, 0.1) is 0 Å². The molecule has 0 aromatic heterocycles. The van der Waals surface area contributed by atoms with E-state index in [1.165, 1.54) is 0 Å². The predicted octanol–water partition coefficient (Wildman–Crippen LogP) is 3.88. The molecule has 118 valence electrons. The number of benzene rings is 2. The van der Waals surface area contributed by atoms with Crippen LogP contribution in [0, 0.1) is 0 Å². The standard InChI is InChI=1S/C18H16ClNO3/c19-13-4-6-14(7-5-13)20-18(22)11-23-15-8-9-16-12(10-15)2-1-3-17(16)21/h4-10H,1-3,11H2,(H,20,22). The van der Waals surface area contributed by atoms with Crippen LogP contribution in [-0.2, 0) is 11.2 Å². The van der Waals surface area contributed by atoms with Gasteiger partial charge in [0.25, 0.3) is 5.91 Å². The lowest BCUT2D eigenvalue weighted by atomic mass is 9.91. The molecule has 0 spiro atoms. The third-order valence-electron chi connectivity index (χ3n) is 3.72. The van der Waals surface area contributed by atoms with Gasteiger partial charge in [0, 0.05) is 22.7 Å². The Kier molecular flexibility index (Phi) is 4.63. The van der Waals surface area contributed by atoms with E-state index in [0.717, 1.165) is 24.0 Å². The molecule has 1 aliphatic carbocycles. The van der Waals surface area contributed by atoms with Crippen molar-refractivity contribution in [1.82, 2.24) is 0 Å². The van der Waals surface area contributed by atoms with Crippen molar-refractivity contribution in [2.45, 2.75) is 19.3 Å². The molecule has 0 unspecified atom stereocenters. The Balaban J connectivity index is 1.58. The van der Waals surface area contributed by atoms with Crippen molar-refractivity contribution in [1.29, 1.82) is 0 Å². The topological polar surface area (TPSA) is 55.4 Å². The van der Waals surface area contributed by atoms with Crippen molar-refractivity contribution in [3.8, 4) is 5.75 Å². The van der Waals surface area contributed by atoms with Gasteiger partial charge in [0.1, 0.15) is 5.75 Å². The summed E-state index contributed by atoms with van der Waals surface area (Å²) in [4.78, 5) is 23.7. The van der Waals surface area contributed by atoms with Gasteiger partial charge in [0.2, 0.25) is 0 Å². The van der Waals surface area contributed by atoms with Gasteiger partial charge in [-0.25, -0.2) is 0 Å². The van der Waals surface area contributed by atoms with Crippen LogP contribution >= 0.6 is 11.6 Å². The number of hydrogen-bond acceptors (Lipinski definition) is 3.